The Balaban J connectivity index is 1.61. The van der Waals surface area contributed by atoms with E-state index in [2.05, 4.69) is 5.10 Å². The number of anilines is 1. The molecule has 1 aromatic heterocycles. The van der Waals surface area contributed by atoms with Crippen LogP contribution in [0.4, 0.5) is 10.5 Å². The first-order valence-corrected chi connectivity index (χ1v) is 7.89. The number of aryl methyl sites for hydroxylation is 1. The monoisotopic (exact) mass is 317 g/mol. The highest BCUT2D eigenvalue weighted by Crippen LogP contribution is 2.39. The van der Waals surface area contributed by atoms with Gasteiger partial charge in [-0.1, -0.05) is 0 Å². The van der Waals surface area contributed by atoms with E-state index in [0.717, 1.165) is 6.42 Å². The Bertz CT molecular complexity index is 714. The van der Waals surface area contributed by atoms with Crippen molar-refractivity contribution in [2.75, 3.05) is 18.0 Å². The Labute approximate surface area is 133 Å². The number of hydrogen-bond donors (Lipinski definition) is 0. The molecule has 0 aromatic carbocycles. The number of imide groups is 1. The minimum atomic E-state index is -0.765. The summed E-state index contributed by atoms with van der Waals surface area (Å²) in [5, 5.41) is 4.07. The second-order valence-corrected chi connectivity index (χ2v) is 6.65. The lowest BCUT2D eigenvalue weighted by Gasteiger charge is -2.22. The zero-order chi connectivity index (χ0) is 16.4. The van der Waals surface area contributed by atoms with E-state index in [1.54, 1.807) is 40.8 Å². The molecule has 4 amide bonds. The van der Waals surface area contributed by atoms with Gasteiger partial charge in [0.05, 0.1) is 11.9 Å². The number of rotatable bonds is 2. The molecular formula is C15H19N5O3. The molecule has 0 aliphatic carbocycles. The fourth-order valence-electron chi connectivity index (χ4n) is 3.95. The van der Waals surface area contributed by atoms with Crippen molar-refractivity contribution in [2.24, 2.45) is 7.05 Å². The van der Waals surface area contributed by atoms with Crippen molar-refractivity contribution in [3.8, 4) is 0 Å². The number of nitrogens with zero attached hydrogens (tertiary/aromatic N) is 5. The van der Waals surface area contributed by atoms with Crippen molar-refractivity contribution in [2.45, 2.75) is 37.8 Å². The molecule has 2 atom stereocenters. The van der Waals surface area contributed by atoms with Gasteiger partial charge in [-0.15, -0.1) is 0 Å². The van der Waals surface area contributed by atoms with Crippen molar-refractivity contribution in [1.29, 1.82) is 0 Å². The van der Waals surface area contributed by atoms with Gasteiger partial charge in [-0.2, -0.15) is 5.10 Å². The maximum atomic E-state index is 12.8. The molecular weight excluding hydrogens is 298 g/mol. The molecule has 3 saturated heterocycles. The average Bonchev–Trinajstić information content (AvgIpc) is 3.22. The van der Waals surface area contributed by atoms with Crippen LogP contribution in [0.3, 0.4) is 0 Å². The molecule has 4 heterocycles. The highest BCUT2D eigenvalue weighted by atomic mass is 16.2. The van der Waals surface area contributed by atoms with Crippen LogP contribution in [0.15, 0.2) is 12.4 Å². The number of hydrogen-bond acceptors (Lipinski definition) is 4. The molecule has 8 nitrogen and oxygen atoms in total. The molecule has 0 N–H and O–H groups in total. The van der Waals surface area contributed by atoms with Crippen molar-refractivity contribution in [3.63, 3.8) is 0 Å². The largest absolute Gasteiger partial charge is 0.328 e. The average molecular weight is 317 g/mol. The molecule has 3 aliphatic heterocycles. The Morgan fingerprint density at radius 2 is 2.04 bits per heavy atom. The van der Waals surface area contributed by atoms with E-state index in [1.807, 2.05) is 0 Å². The topological polar surface area (TPSA) is 78.8 Å². The number of amides is 4. The highest BCUT2D eigenvalue weighted by Gasteiger charge is 2.60. The van der Waals surface area contributed by atoms with Crippen LogP contribution in [0.1, 0.15) is 26.2 Å². The van der Waals surface area contributed by atoms with Gasteiger partial charge in [-0.25, -0.2) is 9.69 Å². The number of carbonyl (C=O) groups is 3. The van der Waals surface area contributed by atoms with Crippen LogP contribution < -0.4 is 4.90 Å². The highest BCUT2D eigenvalue weighted by molar-refractivity contribution is 6.12. The fraction of sp³-hybridized carbons (Fsp3) is 0.600. The SMILES string of the molecule is Cn1cc(N2CC[C@H](N3C(=O)N4CCC[C@@]4(C)C3=O)C2=O)cn1. The number of aromatic nitrogens is 2. The Kier molecular flexibility index (Phi) is 2.82. The number of urea groups is 1. The zero-order valence-corrected chi connectivity index (χ0v) is 13.2. The molecule has 0 spiro atoms. The van der Waals surface area contributed by atoms with Gasteiger partial charge in [0.15, 0.2) is 0 Å². The van der Waals surface area contributed by atoms with Gasteiger partial charge in [-0.3, -0.25) is 14.3 Å². The minimum absolute atomic E-state index is 0.204. The predicted molar refractivity (Wildman–Crippen MR) is 80.6 cm³/mol. The molecule has 0 saturated carbocycles. The second kappa shape index (κ2) is 4.56. The predicted octanol–water partition coefficient (Wildman–Crippen LogP) is 0.342. The third kappa shape index (κ3) is 1.77. The summed E-state index contributed by atoms with van der Waals surface area (Å²) in [7, 11) is 1.78. The summed E-state index contributed by atoms with van der Waals surface area (Å²) in [6.07, 6.45) is 5.35. The van der Waals surface area contributed by atoms with Crippen molar-refractivity contribution in [3.05, 3.63) is 12.4 Å². The Morgan fingerprint density at radius 1 is 1.26 bits per heavy atom. The van der Waals surface area contributed by atoms with Crippen LogP contribution in [0.25, 0.3) is 0 Å². The lowest BCUT2D eigenvalue weighted by Crippen LogP contribution is -2.47. The van der Waals surface area contributed by atoms with Crippen LogP contribution in [-0.2, 0) is 16.6 Å². The molecule has 0 unspecified atom stereocenters. The van der Waals surface area contributed by atoms with Crippen LogP contribution in [0.2, 0.25) is 0 Å². The fourth-order valence-corrected chi connectivity index (χ4v) is 3.95. The smallest absolute Gasteiger partial charge is 0.310 e. The van der Waals surface area contributed by atoms with Gasteiger partial charge in [0.1, 0.15) is 11.6 Å². The van der Waals surface area contributed by atoms with Crippen LogP contribution in [-0.4, -0.2) is 62.1 Å². The summed E-state index contributed by atoms with van der Waals surface area (Å²) in [6, 6.07) is -1.01. The Morgan fingerprint density at radius 3 is 2.70 bits per heavy atom. The summed E-state index contributed by atoms with van der Waals surface area (Å²) < 4.78 is 1.62. The molecule has 23 heavy (non-hydrogen) atoms. The molecule has 3 fully saturated rings. The van der Waals surface area contributed by atoms with Crippen LogP contribution in [0, 0.1) is 0 Å². The van der Waals surface area contributed by atoms with E-state index < -0.39 is 11.6 Å². The van der Waals surface area contributed by atoms with Gasteiger partial charge in [-0.05, 0) is 26.2 Å². The third-order valence-corrected chi connectivity index (χ3v) is 5.25. The zero-order valence-electron chi connectivity index (χ0n) is 13.2. The molecule has 8 heteroatoms. The van der Waals surface area contributed by atoms with E-state index in [0.29, 0.717) is 31.6 Å². The van der Waals surface area contributed by atoms with Gasteiger partial charge in [0, 0.05) is 26.3 Å². The summed E-state index contributed by atoms with van der Waals surface area (Å²) in [4.78, 5) is 42.6. The maximum absolute atomic E-state index is 12.8. The first-order valence-electron chi connectivity index (χ1n) is 7.89. The third-order valence-electron chi connectivity index (χ3n) is 5.25. The van der Waals surface area contributed by atoms with E-state index in [4.69, 9.17) is 0 Å². The quantitative estimate of drug-likeness (QED) is 0.737. The number of carbonyl (C=O) groups excluding carboxylic acids is 3. The van der Waals surface area contributed by atoms with E-state index in [-0.39, 0.29) is 17.8 Å². The second-order valence-electron chi connectivity index (χ2n) is 6.65. The molecule has 0 bridgehead atoms. The normalized spacial score (nSPS) is 30.8. The van der Waals surface area contributed by atoms with Gasteiger partial charge < -0.3 is 9.80 Å². The van der Waals surface area contributed by atoms with E-state index >= 15 is 0 Å². The molecule has 0 radical (unpaired) electrons. The molecule has 4 rings (SSSR count). The van der Waals surface area contributed by atoms with Crippen molar-refractivity contribution < 1.29 is 14.4 Å². The maximum Gasteiger partial charge on any atom is 0.328 e. The van der Waals surface area contributed by atoms with Gasteiger partial charge in [0.2, 0.25) is 0 Å². The summed E-state index contributed by atoms with van der Waals surface area (Å²) in [5.41, 5.74) is -0.0650. The van der Waals surface area contributed by atoms with E-state index in [1.165, 1.54) is 4.90 Å². The Hall–Kier alpha value is -2.38. The summed E-state index contributed by atoms with van der Waals surface area (Å²) in [5.74, 6) is -0.434. The molecule has 1 aromatic rings. The van der Waals surface area contributed by atoms with Crippen molar-refractivity contribution in [1.82, 2.24) is 19.6 Å². The first kappa shape index (κ1) is 14.2. The molecule has 3 aliphatic rings. The first-order chi connectivity index (χ1) is 10.9. The van der Waals surface area contributed by atoms with Crippen molar-refractivity contribution >= 4 is 23.5 Å². The van der Waals surface area contributed by atoms with Crippen LogP contribution in [0.5, 0.6) is 0 Å². The van der Waals surface area contributed by atoms with Gasteiger partial charge >= 0.3 is 6.03 Å². The van der Waals surface area contributed by atoms with Crippen LogP contribution >= 0.6 is 0 Å². The van der Waals surface area contributed by atoms with E-state index in [9.17, 15) is 14.4 Å². The lowest BCUT2D eigenvalue weighted by molar-refractivity contribution is -0.136. The summed E-state index contributed by atoms with van der Waals surface area (Å²) >= 11 is 0. The van der Waals surface area contributed by atoms with Gasteiger partial charge in [0.25, 0.3) is 11.8 Å². The number of fused-ring (bicyclic) bond motifs is 1. The standard InChI is InChI=1S/C15H19N5O3/c1-15-5-3-6-19(15)14(23)20(13(15)22)11-4-7-18(12(11)21)10-8-16-17(2)9-10/h8-9,11H,3-7H2,1-2H3/t11-,15-/m0/s1. The summed E-state index contributed by atoms with van der Waals surface area (Å²) in [6.45, 7) is 2.88. The minimum Gasteiger partial charge on any atom is -0.310 e. The molecule has 122 valence electrons. The lowest BCUT2D eigenvalue weighted by atomic mass is 9.99.